The van der Waals surface area contributed by atoms with Gasteiger partial charge in [-0.25, -0.2) is 0 Å². The quantitative estimate of drug-likeness (QED) is 0.908. The fourth-order valence-corrected chi connectivity index (χ4v) is 4.35. The van der Waals surface area contributed by atoms with E-state index in [4.69, 9.17) is 0 Å². The van der Waals surface area contributed by atoms with Gasteiger partial charge in [-0.2, -0.15) is 0 Å². The van der Waals surface area contributed by atoms with Crippen molar-refractivity contribution in [3.63, 3.8) is 0 Å². The summed E-state index contributed by atoms with van der Waals surface area (Å²) in [5.41, 5.74) is 0.815. The highest BCUT2D eigenvalue weighted by atomic mass is 15.3. The lowest BCUT2D eigenvalue weighted by Gasteiger charge is -2.46. The Morgan fingerprint density at radius 3 is 2.24 bits per heavy atom. The minimum absolute atomic E-state index is 0.240. The van der Waals surface area contributed by atoms with E-state index in [1.165, 1.54) is 19.3 Å². The Kier molecular flexibility index (Phi) is 4.48. The first kappa shape index (κ1) is 16.5. The van der Waals surface area contributed by atoms with Crippen LogP contribution >= 0.6 is 0 Å². The summed E-state index contributed by atoms with van der Waals surface area (Å²) in [5, 5.41) is 12.2. The van der Waals surface area contributed by atoms with E-state index in [0.717, 1.165) is 5.82 Å². The SMILES string of the molecule is CC(NC1CC(C)(C)CC(C)(C)C1)c1nncn1C(C)C. The first-order chi connectivity index (χ1) is 9.60. The van der Waals surface area contributed by atoms with Crippen molar-refractivity contribution in [2.75, 3.05) is 0 Å². The molecule has 1 saturated carbocycles. The topological polar surface area (TPSA) is 42.7 Å². The molecular formula is C17H32N4. The standard InChI is InChI=1S/C17H32N4/c1-12(2)21-11-18-20-15(21)13(3)19-14-8-16(4,5)10-17(6,7)9-14/h11-14,19H,8-10H2,1-7H3. The van der Waals surface area contributed by atoms with Crippen molar-refractivity contribution < 1.29 is 0 Å². The first-order valence-electron chi connectivity index (χ1n) is 8.25. The molecule has 1 aromatic rings. The summed E-state index contributed by atoms with van der Waals surface area (Å²) < 4.78 is 2.16. The van der Waals surface area contributed by atoms with Crippen LogP contribution in [0.2, 0.25) is 0 Å². The van der Waals surface area contributed by atoms with E-state index in [1.54, 1.807) is 0 Å². The van der Waals surface area contributed by atoms with E-state index in [0.29, 0.717) is 22.9 Å². The summed E-state index contributed by atoms with van der Waals surface area (Å²) in [6.45, 7) is 16.1. The number of nitrogens with zero attached hydrogens (tertiary/aromatic N) is 3. The summed E-state index contributed by atoms with van der Waals surface area (Å²) in [5.74, 6) is 1.05. The zero-order chi connectivity index (χ0) is 15.8. The van der Waals surface area contributed by atoms with Gasteiger partial charge in [-0.05, 0) is 50.9 Å². The van der Waals surface area contributed by atoms with E-state index in [9.17, 15) is 0 Å². The van der Waals surface area contributed by atoms with Crippen LogP contribution in [0, 0.1) is 10.8 Å². The molecule has 120 valence electrons. The second-order valence-corrected chi connectivity index (χ2v) is 8.69. The van der Waals surface area contributed by atoms with Crippen LogP contribution in [0.1, 0.15) is 85.6 Å². The third kappa shape index (κ3) is 4.06. The highest BCUT2D eigenvalue weighted by Crippen LogP contribution is 2.46. The predicted molar refractivity (Wildman–Crippen MR) is 87.2 cm³/mol. The summed E-state index contributed by atoms with van der Waals surface area (Å²) in [7, 11) is 0. The third-order valence-electron chi connectivity index (χ3n) is 4.59. The molecular weight excluding hydrogens is 260 g/mol. The van der Waals surface area contributed by atoms with Crippen LogP contribution in [0.5, 0.6) is 0 Å². The summed E-state index contributed by atoms with van der Waals surface area (Å²) in [6, 6.07) is 1.19. The smallest absolute Gasteiger partial charge is 0.149 e. The van der Waals surface area contributed by atoms with Gasteiger partial charge in [0.1, 0.15) is 12.2 Å². The normalized spacial score (nSPS) is 23.4. The Bertz CT molecular complexity index is 457. The molecule has 0 bridgehead atoms. The maximum absolute atomic E-state index is 4.33. The summed E-state index contributed by atoms with van der Waals surface area (Å²) in [4.78, 5) is 0. The second-order valence-electron chi connectivity index (χ2n) is 8.69. The molecule has 4 heteroatoms. The van der Waals surface area contributed by atoms with Gasteiger partial charge in [0.2, 0.25) is 0 Å². The van der Waals surface area contributed by atoms with Crippen LogP contribution in [0.4, 0.5) is 0 Å². The molecule has 21 heavy (non-hydrogen) atoms. The lowest BCUT2D eigenvalue weighted by Crippen LogP contribution is -2.45. The van der Waals surface area contributed by atoms with Crippen molar-refractivity contribution in [1.82, 2.24) is 20.1 Å². The number of aromatic nitrogens is 3. The van der Waals surface area contributed by atoms with Crippen LogP contribution < -0.4 is 5.32 Å². The van der Waals surface area contributed by atoms with Crippen LogP contribution in [-0.2, 0) is 0 Å². The molecule has 1 aromatic heterocycles. The van der Waals surface area contributed by atoms with Gasteiger partial charge in [0.05, 0.1) is 6.04 Å². The van der Waals surface area contributed by atoms with Crippen molar-refractivity contribution in [3.8, 4) is 0 Å². The molecule has 0 amide bonds. The van der Waals surface area contributed by atoms with Crippen molar-refractivity contribution >= 4 is 0 Å². The summed E-state index contributed by atoms with van der Waals surface area (Å²) >= 11 is 0. The highest BCUT2D eigenvalue weighted by Gasteiger charge is 2.38. The monoisotopic (exact) mass is 292 g/mol. The zero-order valence-corrected chi connectivity index (χ0v) is 14.8. The van der Waals surface area contributed by atoms with Crippen molar-refractivity contribution in [3.05, 3.63) is 12.2 Å². The number of rotatable bonds is 4. The van der Waals surface area contributed by atoms with Crippen molar-refractivity contribution in [1.29, 1.82) is 0 Å². The molecule has 0 aromatic carbocycles. The Hall–Kier alpha value is -0.900. The molecule has 1 fully saturated rings. The first-order valence-corrected chi connectivity index (χ1v) is 8.25. The minimum atomic E-state index is 0.240. The molecule has 1 aliphatic rings. The van der Waals surface area contributed by atoms with Crippen LogP contribution in [-0.4, -0.2) is 20.8 Å². The third-order valence-corrected chi connectivity index (χ3v) is 4.59. The average molecular weight is 292 g/mol. The molecule has 0 radical (unpaired) electrons. The molecule has 1 atom stereocenters. The number of hydrogen-bond donors (Lipinski definition) is 1. The van der Waals surface area contributed by atoms with Gasteiger partial charge in [0.15, 0.2) is 0 Å². The second kappa shape index (κ2) is 5.71. The van der Waals surface area contributed by atoms with Crippen molar-refractivity contribution in [2.24, 2.45) is 10.8 Å². The van der Waals surface area contributed by atoms with E-state index >= 15 is 0 Å². The zero-order valence-electron chi connectivity index (χ0n) is 14.8. The van der Waals surface area contributed by atoms with Crippen LogP contribution in [0.25, 0.3) is 0 Å². The highest BCUT2D eigenvalue weighted by molar-refractivity contribution is 4.99. The Morgan fingerprint density at radius 1 is 1.14 bits per heavy atom. The number of nitrogens with one attached hydrogen (secondary N) is 1. The maximum atomic E-state index is 4.33. The van der Waals surface area contributed by atoms with Gasteiger partial charge < -0.3 is 9.88 Å². The van der Waals surface area contributed by atoms with E-state index in [2.05, 4.69) is 68.5 Å². The molecule has 0 spiro atoms. The lowest BCUT2D eigenvalue weighted by atomic mass is 9.63. The van der Waals surface area contributed by atoms with Gasteiger partial charge >= 0.3 is 0 Å². The van der Waals surface area contributed by atoms with Gasteiger partial charge in [-0.3, -0.25) is 0 Å². The molecule has 1 aliphatic carbocycles. The predicted octanol–water partition coefficient (Wildman–Crippen LogP) is 4.11. The van der Waals surface area contributed by atoms with Gasteiger partial charge in [0, 0.05) is 12.1 Å². The van der Waals surface area contributed by atoms with Gasteiger partial charge in [-0.15, -0.1) is 10.2 Å². The Balaban J connectivity index is 2.08. The molecule has 1 N–H and O–H groups in total. The fourth-order valence-electron chi connectivity index (χ4n) is 4.35. The van der Waals surface area contributed by atoms with Crippen LogP contribution in [0.3, 0.4) is 0 Å². The molecule has 0 saturated heterocycles. The molecule has 2 rings (SSSR count). The summed E-state index contributed by atoms with van der Waals surface area (Å²) in [6.07, 6.45) is 5.61. The Labute approximate surface area is 129 Å². The fraction of sp³-hybridized carbons (Fsp3) is 0.882. The van der Waals surface area contributed by atoms with E-state index in [1.807, 2.05) is 6.33 Å². The Morgan fingerprint density at radius 2 is 1.71 bits per heavy atom. The lowest BCUT2D eigenvalue weighted by molar-refractivity contribution is 0.0804. The minimum Gasteiger partial charge on any atom is -0.314 e. The van der Waals surface area contributed by atoms with Crippen molar-refractivity contribution in [2.45, 2.75) is 85.9 Å². The maximum Gasteiger partial charge on any atom is 0.149 e. The molecule has 4 nitrogen and oxygen atoms in total. The molecule has 1 heterocycles. The largest absolute Gasteiger partial charge is 0.314 e. The molecule has 0 aliphatic heterocycles. The van der Waals surface area contributed by atoms with E-state index in [-0.39, 0.29) is 6.04 Å². The molecule has 1 unspecified atom stereocenters. The van der Waals surface area contributed by atoms with Crippen LogP contribution in [0.15, 0.2) is 6.33 Å². The van der Waals surface area contributed by atoms with Gasteiger partial charge in [0.25, 0.3) is 0 Å². The van der Waals surface area contributed by atoms with Gasteiger partial charge in [-0.1, -0.05) is 27.7 Å². The van der Waals surface area contributed by atoms with E-state index < -0.39 is 0 Å². The average Bonchev–Trinajstić information content (AvgIpc) is 2.72. The number of hydrogen-bond acceptors (Lipinski definition) is 3.